The minimum atomic E-state index is -3.36. The molecule has 0 unspecified atom stereocenters. The Balaban J connectivity index is 1.51. The molecule has 0 radical (unpaired) electrons. The Morgan fingerprint density at radius 3 is 2.74 bits per heavy atom. The topological polar surface area (TPSA) is 88.6 Å². The molecule has 8 heteroatoms. The van der Waals surface area contributed by atoms with E-state index in [1.165, 1.54) is 4.31 Å². The van der Waals surface area contributed by atoms with Gasteiger partial charge in [0.05, 0.1) is 12.9 Å². The molecule has 1 N–H and O–H groups in total. The highest BCUT2D eigenvalue weighted by Gasteiger charge is 2.26. The molecule has 3 rings (SSSR count). The highest BCUT2D eigenvalue weighted by Crippen LogP contribution is 2.25. The Kier molecular flexibility index (Phi) is 6.08. The van der Waals surface area contributed by atoms with Crippen LogP contribution in [0.15, 0.2) is 42.7 Å². The van der Waals surface area contributed by atoms with Crippen LogP contribution in [0.2, 0.25) is 0 Å². The zero-order valence-corrected chi connectivity index (χ0v) is 16.0. The first-order valence-electron chi connectivity index (χ1n) is 8.81. The van der Waals surface area contributed by atoms with Crippen LogP contribution in [-0.4, -0.2) is 49.6 Å². The summed E-state index contributed by atoms with van der Waals surface area (Å²) in [6.45, 7) is 1.15. The first-order chi connectivity index (χ1) is 13.0. The second kappa shape index (κ2) is 8.49. The third kappa shape index (κ3) is 4.84. The molecule has 0 bridgehead atoms. The molecule has 0 saturated heterocycles. The number of hydrogen-bond acceptors (Lipinski definition) is 5. The number of benzene rings is 1. The van der Waals surface area contributed by atoms with Crippen LogP contribution in [0, 0.1) is 0 Å². The third-order valence-electron chi connectivity index (χ3n) is 4.59. The van der Waals surface area contributed by atoms with Crippen molar-refractivity contribution >= 4 is 15.9 Å². The number of carbonyl (C=O) groups is 1. The van der Waals surface area contributed by atoms with Gasteiger partial charge in [0.25, 0.3) is 5.91 Å². The molecule has 1 aliphatic heterocycles. The van der Waals surface area contributed by atoms with Crippen LogP contribution in [0.5, 0.6) is 5.75 Å². The maximum atomic E-state index is 12.6. The number of hydrogen-bond donors (Lipinski definition) is 1. The molecular weight excluding hydrogens is 366 g/mol. The van der Waals surface area contributed by atoms with E-state index in [1.54, 1.807) is 31.6 Å². The second-order valence-corrected chi connectivity index (χ2v) is 8.47. The van der Waals surface area contributed by atoms with Gasteiger partial charge in [-0.25, -0.2) is 8.42 Å². The first-order valence-corrected chi connectivity index (χ1v) is 10.4. The summed E-state index contributed by atoms with van der Waals surface area (Å²) in [6, 6.07) is 8.97. The Morgan fingerprint density at radius 1 is 1.22 bits per heavy atom. The summed E-state index contributed by atoms with van der Waals surface area (Å²) >= 11 is 0. The maximum Gasteiger partial charge on any atom is 0.251 e. The standard InChI is InChI=1S/C19H23N3O4S/c1-26-18-4-3-17-14-22(11-7-16(17)13-18)27(24,25)12-2-8-21-19(23)15-5-9-20-10-6-15/h3-6,9-10,13H,2,7-8,11-12,14H2,1H3,(H,21,23). The predicted octanol–water partition coefficient (Wildman–Crippen LogP) is 1.60. The van der Waals surface area contributed by atoms with Gasteiger partial charge < -0.3 is 10.1 Å². The molecule has 2 heterocycles. The number of carbonyl (C=O) groups excluding carboxylic acids is 1. The lowest BCUT2D eigenvalue weighted by atomic mass is 10.0. The number of pyridine rings is 1. The van der Waals surface area contributed by atoms with Crippen molar-refractivity contribution < 1.29 is 17.9 Å². The largest absolute Gasteiger partial charge is 0.497 e. The van der Waals surface area contributed by atoms with Crippen LogP contribution in [0.25, 0.3) is 0 Å². The molecule has 1 amide bonds. The van der Waals surface area contributed by atoms with Crippen molar-refractivity contribution in [1.29, 1.82) is 0 Å². The fourth-order valence-electron chi connectivity index (χ4n) is 3.06. The lowest BCUT2D eigenvalue weighted by Crippen LogP contribution is -2.38. The molecule has 0 fully saturated rings. The van der Waals surface area contributed by atoms with Gasteiger partial charge in [0.1, 0.15) is 5.75 Å². The molecular formula is C19H23N3O4S. The average molecular weight is 389 g/mol. The Bertz CT molecular complexity index is 900. The normalized spacial score (nSPS) is 14.4. The number of fused-ring (bicyclic) bond motifs is 1. The van der Waals surface area contributed by atoms with Crippen LogP contribution in [0.3, 0.4) is 0 Å². The van der Waals surface area contributed by atoms with Gasteiger partial charge >= 0.3 is 0 Å². The molecule has 144 valence electrons. The highest BCUT2D eigenvalue weighted by molar-refractivity contribution is 7.89. The third-order valence-corrected chi connectivity index (χ3v) is 6.49. The van der Waals surface area contributed by atoms with E-state index < -0.39 is 10.0 Å². The van der Waals surface area contributed by atoms with Crippen LogP contribution < -0.4 is 10.1 Å². The number of amides is 1. The van der Waals surface area contributed by atoms with Crippen LogP contribution in [0.1, 0.15) is 27.9 Å². The van der Waals surface area contributed by atoms with E-state index in [4.69, 9.17) is 4.74 Å². The van der Waals surface area contributed by atoms with E-state index in [2.05, 4.69) is 10.3 Å². The van der Waals surface area contributed by atoms with Crippen molar-refractivity contribution in [2.75, 3.05) is 26.0 Å². The second-order valence-electron chi connectivity index (χ2n) is 6.38. The molecule has 2 aromatic rings. The van der Waals surface area contributed by atoms with Gasteiger partial charge in [-0.05, 0) is 48.2 Å². The predicted molar refractivity (Wildman–Crippen MR) is 102 cm³/mol. The molecule has 1 aliphatic rings. The molecule has 27 heavy (non-hydrogen) atoms. The summed E-state index contributed by atoms with van der Waals surface area (Å²) in [7, 11) is -1.74. The molecule has 1 aromatic carbocycles. The van der Waals surface area contributed by atoms with Crippen LogP contribution in [0.4, 0.5) is 0 Å². The minimum absolute atomic E-state index is 0.00904. The monoisotopic (exact) mass is 389 g/mol. The van der Waals surface area contributed by atoms with E-state index >= 15 is 0 Å². The van der Waals surface area contributed by atoms with Gasteiger partial charge in [-0.2, -0.15) is 4.31 Å². The summed E-state index contributed by atoms with van der Waals surface area (Å²) < 4.78 is 32.0. The van der Waals surface area contributed by atoms with Gasteiger partial charge in [0.15, 0.2) is 0 Å². The first kappa shape index (κ1) is 19.3. The smallest absolute Gasteiger partial charge is 0.251 e. The summed E-state index contributed by atoms with van der Waals surface area (Å²) in [5, 5.41) is 2.74. The molecule has 0 saturated carbocycles. The molecule has 1 aromatic heterocycles. The van der Waals surface area contributed by atoms with Crippen molar-refractivity contribution in [2.45, 2.75) is 19.4 Å². The summed E-state index contributed by atoms with van der Waals surface area (Å²) in [6.07, 6.45) is 4.13. The summed E-state index contributed by atoms with van der Waals surface area (Å²) in [4.78, 5) is 15.8. The SMILES string of the molecule is COc1ccc2c(c1)CCN(S(=O)(=O)CCCNC(=O)c1ccncc1)C2. The molecule has 7 nitrogen and oxygen atoms in total. The van der Waals surface area contributed by atoms with Gasteiger partial charge in [-0.3, -0.25) is 9.78 Å². The number of methoxy groups -OCH3 is 1. The lowest BCUT2D eigenvalue weighted by Gasteiger charge is -2.28. The van der Waals surface area contributed by atoms with E-state index in [1.807, 2.05) is 18.2 Å². The average Bonchev–Trinajstić information content (AvgIpc) is 2.70. The fourth-order valence-corrected chi connectivity index (χ4v) is 4.53. The maximum absolute atomic E-state index is 12.6. The zero-order valence-electron chi connectivity index (χ0n) is 15.2. The number of aromatic nitrogens is 1. The Hall–Kier alpha value is -2.45. The quantitative estimate of drug-likeness (QED) is 0.727. The molecule has 0 aliphatic carbocycles. The highest BCUT2D eigenvalue weighted by atomic mass is 32.2. The van der Waals surface area contributed by atoms with Gasteiger partial charge in [-0.1, -0.05) is 6.07 Å². The van der Waals surface area contributed by atoms with E-state index in [0.717, 1.165) is 16.9 Å². The Labute approximate surface area is 159 Å². The number of nitrogens with zero attached hydrogens (tertiary/aromatic N) is 2. The van der Waals surface area contributed by atoms with Crippen molar-refractivity contribution in [3.8, 4) is 5.75 Å². The summed E-state index contributed by atoms with van der Waals surface area (Å²) in [5.41, 5.74) is 2.65. The Morgan fingerprint density at radius 2 is 2.00 bits per heavy atom. The van der Waals surface area contributed by atoms with Crippen molar-refractivity contribution in [3.63, 3.8) is 0 Å². The number of nitrogens with one attached hydrogen (secondary N) is 1. The van der Waals surface area contributed by atoms with E-state index in [0.29, 0.717) is 38.0 Å². The minimum Gasteiger partial charge on any atom is -0.497 e. The zero-order chi connectivity index (χ0) is 19.3. The van der Waals surface area contributed by atoms with E-state index in [-0.39, 0.29) is 11.7 Å². The van der Waals surface area contributed by atoms with Crippen molar-refractivity contribution in [2.24, 2.45) is 0 Å². The van der Waals surface area contributed by atoms with Gasteiger partial charge in [0.2, 0.25) is 10.0 Å². The lowest BCUT2D eigenvalue weighted by molar-refractivity contribution is 0.0953. The molecule has 0 spiro atoms. The van der Waals surface area contributed by atoms with Crippen LogP contribution in [-0.2, 0) is 23.0 Å². The number of ether oxygens (including phenoxy) is 1. The van der Waals surface area contributed by atoms with E-state index in [9.17, 15) is 13.2 Å². The number of rotatable bonds is 7. The van der Waals surface area contributed by atoms with Gasteiger partial charge in [0, 0.05) is 37.6 Å². The fraction of sp³-hybridized carbons (Fsp3) is 0.368. The van der Waals surface area contributed by atoms with Gasteiger partial charge in [-0.15, -0.1) is 0 Å². The summed E-state index contributed by atoms with van der Waals surface area (Å²) in [5.74, 6) is 0.570. The van der Waals surface area contributed by atoms with Crippen LogP contribution >= 0.6 is 0 Å². The van der Waals surface area contributed by atoms with Crippen molar-refractivity contribution in [1.82, 2.24) is 14.6 Å². The number of sulfonamides is 1. The van der Waals surface area contributed by atoms with Crippen molar-refractivity contribution in [3.05, 3.63) is 59.4 Å². The molecule has 0 atom stereocenters.